The molecule has 0 saturated heterocycles. The van der Waals surface area contributed by atoms with E-state index >= 15 is 0 Å². The van der Waals surface area contributed by atoms with Crippen molar-refractivity contribution in [3.8, 4) is 11.8 Å². The molecule has 106 valence electrons. The third-order valence-corrected chi connectivity index (χ3v) is 2.28. The predicted molar refractivity (Wildman–Crippen MR) is 86.1 cm³/mol. The fourth-order valence-corrected chi connectivity index (χ4v) is 1.39. The largest absolute Gasteiger partial charge is 0.428 e. The summed E-state index contributed by atoms with van der Waals surface area (Å²) in [5.74, 6) is 0.520. The maximum Gasteiger partial charge on any atom is 0.155 e. The Balaban J connectivity index is 0.00000172. The molecule has 0 atom stereocenters. The lowest BCUT2D eigenvalue weighted by Crippen LogP contribution is -1.96. The van der Waals surface area contributed by atoms with Crippen LogP contribution in [-0.4, -0.2) is 6.21 Å². The molecule has 6 heteroatoms. The Morgan fingerprint density at radius 2 is 2.15 bits per heavy atom. The van der Waals surface area contributed by atoms with Crippen molar-refractivity contribution in [2.24, 2.45) is 16.5 Å². The standard InChI is InChI=1S/C12H12N4OS.C2H6/c1-8(15)16-7-11(6-14)9-2-3-10(5-13)12(4-9)17-18;1-2/h2-4,6-7,18H,1,14-15H2;1-2H3/b11-6+,16-7-;. The summed E-state index contributed by atoms with van der Waals surface area (Å²) in [4.78, 5) is 3.86. The SMILES string of the molecule is C=C(N)/N=C\C(=C/N)c1ccc(C#N)c(OS)c1.CC. The smallest absolute Gasteiger partial charge is 0.155 e. The first-order valence-electron chi connectivity index (χ1n) is 5.88. The van der Waals surface area contributed by atoms with E-state index in [1.54, 1.807) is 18.2 Å². The summed E-state index contributed by atoms with van der Waals surface area (Å²) in [7, 11) is 0. The molecule has 0 aliphatic rings. The van der Waals surface area contributed by atoms with Crippen LogP contribution in [0.1, 0.15) is 25.0 Å². The van der Waals surface area contributed by atoms with Crippen molar-refractivity contribution in [2.45, 2.75) is 13.8 Å². The molecule has 5 nitrogen and oxygen atoms in total. The van der Waals surface area contributed by atoms with Gasteiger partial charge in [0.25, 0.3) is 0 Å². The van der Waals surface area contributed by atoms with Gasteiger partial charge in [-0.1, -0.05) is 26.5 Å². The van der Waals surface area contributed by atoms with Crippen LogP contribution in [0.4, 0.5) is 0 Å². The molecule has 0 spiro atoms. The zero-order valence-corrected chi connectivity index (χ0v) is 12.4. The van der Waals surface area contributed by atoms with Crippen molar-refractivity contribution in [3.05, 3.63) is 47.9 Å². The van der Waals surface area contributed by atoms with E-state index < -0.39 is 0 Å². The van der Waals surface area contributed by atoms with Gasteiger partial charge < -0.3 is 15.7 Å². The summed E-state index contributed by atoms with van der Waals surface area (Å²) in [5.41, 5.74) is 12.6. The first-order chi connectivity index (χ1) is 9.62. The molecule has 4 N–H and O–H groups in total. The quantitative estimate of drug-likeness (QED) is 0.451. The van der Waals surface area contributed by atoms with Gasteiger partial charge in [0.1, 0.15) is 11.9 Å². The molecule has 0 bridgehead atoms. The summed E-state index contributed by atoms with van der Waals surface area (Å²) in [6, 6.07) is 6.95. The van der Waals surface area contributed by atoms with Crippen LogP contribution in [-0.2, 0) is 0 Å². The fourth-order valence-electron chi connectivity index (χ4n) is 1.24. The van der Waals surface area contributed by atoms with E-state index in [1.165, 1.54) is 12.4 Å². The van der Waals surface area contributed by atoms with E-state index in [-0.39, 0.29) is 5.82 Å². The van der Waals surface area contributed by atoms with Crippen molar-refractivity contribution in [1.29, 1.82) is 5.26 Å². The van der Waals surface area contributed by atoms with Crippen molar-refractivity contribution >= 4 is 24.7 Å². The molecule has 0 amide bonds. The minimum atomic E-state index is 0.175. The number of hydrogen-bond acceptors (Lipinski definition) is 6. The van der Waals surface area contributed by atoms with Crippen molar-refractivity contribution < 1.29 is 4.18 Å². The fraction of sp³-hybridized carbons (Fsp3) is 0.143. The van der Waals surface area contributed by atoms with Gasteiger partial charge in [-0.25, -0.2) is 4.99 Å². The number of nitriles is 1. The van der Waals surface area contributed by atoms with Crippen molar-refractivity contribution in [2.75, 3.05) is 0 Å². The van der Waals surface area contributed by atoms with Gasteiger partial charge in [-0.3, -0.25) is 0 Å². The molecule has 0 saturated carbocycles. The summed E-state index contributed by atoms with van der Waals surface area (Å²) < 4.78 is 4.81. The zero-order chi connectivity index (χ0) is 15.5. The molecular weight excluding hydrogens is 272 g/mol. The van der Waals surface area contributed by atoms with Gasteiger partial charge in [0.2, 0.25) is 0 Å². The number of nitrogens with two attached hydrogens (primary N) is 2. The molecule has 20 heavy (non-hydrogen) atoms. The number of hydrogen-bond donors (Lipinski definition) is 3. The monoisotopic (exact) mass is 290 g/mol. The number of aliphatic imine (C=N–C) groups is 1. The molecule has 0 unspecified atom stereocenters. The van der Waals surface area contributed by atoms with Crippen LogP contribution in [0.3, 0.4) is 0 Å². The second-order valence-corrected chi connectivity index (χ2v) is 3.47. The zero-order valence-electron chi connectivity index (χ0n) is 11.5. The number of thiol groups is 1. The molecule has 0 aliphatic carbocycles. The molecule has 1 aromatic rings. The molecule has 0 radical (unpaired) electrons. The van der Waals surface area contributed by atoms with Crippen molar-refractivity contribution in [1.82, 2.24) is 0 Å². The second kappa shape index (κ2) is 9.53. The van der Waals surface area contributed by atoms with Gasteiger partial charge in [0.15, 0.2) is 5.75 Å². The van der Waals surface area contributed by atoms with Crippen LogP contribution in [0.15, 0.2) is 41.8 Å². The Kier molecular flexibility index (Phi) is 8.39. The van der Waals surface area contributed by atoms with Crippen LogP contribution < -0.4 is 15.7 Å². The maximum atomic E-state index is 8.85. The van der Waals surface area contributed by atoms with Crippen LogP contribution in [0.5, 0.6) is 5.75 Å². The van der Waals surface area contributed by atoms with E-state index in [9.17, 15) is 0 Å². The van der Waals surface area contributed by atoms with Gasteiger partial charge >= 0.3 is 0 Å². The first kappa shape index (κ1) is 17.6. The number of rotatable bonds is 4. The number of nitrogens with zero attached hydrogens (tertiary/aromatic N) is 2. The average Bonchev–Trinajstić information content (AvgIpc) is 2.49. The van der Waals surface area contributed by atoms with E-state index in [4.69, 9.17) is 20.9 Å². The van der Waals surface area contributed by atoms with Crippen LogP contribution in [0, 0.1) is 11.3 Å². The highest BCUT2D eigenvalue weighted by Gasteiger charge is 2.06. The van der Waals surface area contributed by atoms with E-state index in [0.717, 1.165) is 5.56 Å². The summed E-state index contributed by atoms with van der Waals surface area (Å²) in [6.45, 7) is 7.45. The Morgan fingerprint density at radius 3 is 2.60 bits per heavy atom. The van der Waals surface area contributed by atoms with Crippen LogP contribution >= 0.6 is 12.9 Å². The average molecular weight is 290 g/mol. The highest BCUT2D eigenvalue weighted by molar-refractivity contribution is 7.75. The minimum Gasteiger partial charge on any atom is -0.428 e. The third-order valence-electron chi connectivity index (χ3n) is 2.08. The van der Waals surface area contributed by atoms with Crippen LogP contribution in [0.2, 0.25) is 0 Å². The van der Waals surface area contributed by atoms with Gasteiger partial charge in [-0.05, 0) is 17.7 Å². The first-order valence-corrected chi connectivity index (χ1v) is 6.25. The van der Waals surface area contributed by atoms with E-state index in [1.807, 2.05) is 19.9 Å². The maximum absolute atomic E-state index is 8.85. The molecule has 0 heterocycles. The van der Waals surface area contributed by atoms with E-state index in [0.29, 0.717) is 16.9 Å². The minimum absolute atomic E-state index is 0.175. The normalized spacial score (nSPS) is 10.4. The van der Waals surface area contributed by atoms with Crippen molar-refractivity contribution in [3.63, 3.8) is 0 Å². The molecular formula is C14H18N4OS. The lowest BCUT2D eigenvalue weighted by atomic mass is 10.1. The lowest BCUT2D eigenvalue weighted by molar-refractivity contribution is 0.656. The highest BCUT2D eigenvalue weighted by Crippen LogP contribution is 2.24. The van der Waals surface area contributed by atoms with E-state index in [2.05, 4.69) is 24.5 Å². The molecule has 0 fully saturated rings. The Bertz CT molecular complexity index is 559. The van der Waals surface area contributed by atoms with Gasteiger partial charge in [0.05, 0.1) is 5.56 Å². The second-order valence-electron chi connectivity index (χ2n) is 3.29. The summed E-state index contributed by atoms with van der Waals surface area (Å²) in [6.07, 6.45) is 2.85. The summed E-state index contributed by atoms with van der Waals surface area (Å²) >= 11 is 3.69. The third kappa shape index (κ3) is 5.08. The van der Waals surface area contributed by atoms with Gasteiger partial charge in [0, 0.05) is 30.9 Å². The number of allylic oxidation sites excluding steroid dienone is 1. The summed E-state index contributed by atoms with van der Waals surface area (Å²) in [5, 5.41) is 8.85. The molecule has 0 aromatic heterocycles. The number of benzene rings is 1. The predicted octanol–water partition coefficient (Wildman–Crippen LogP) is 2.61. The van der Waals surface area contributed by atoms with Crippen LogP contribution in [0.25, 0.3) is 5.57 Å². The lowest BCUT2D eigenvalue weighted by Gasteiger charge is -2.05. The highest BCUT2D eigenvalue weighted by atomic mass is 32.1. The molecule has 1 rings (SSSR count). The van der Waals surface area contributed by atoms with Gasteiger partial charge in [-0.2, -0.15) is 5.26 Å². The Labute approximate surface area is 124 Å². The van der Waals surface area contributed by atoms with Gasteiger partial charge in [-0.15, -0.1) is 0 Å². The Hall–Kier alpha value is -2.39. The topological polar surface area (TPSA) is 97.4 Å². The molecule has 0 aliphatic heterocycles. The molecule has 1 aromatic carbocycles. The Morgan fingerprint density at radius 1 is 1.50 bits per heavy atom.